The van der Waals surface area contributed by atoms with Gasteiger partial charge in [-0.25, -0.2) is 22.2 Å². The summed E-state index contributed by atoms with van der Waals surface area (Å²) in [5, 5.41) is 3.86. The van der Waals surface area contributed by atoms with Gasteiger partial charge >= 0.3 is 0 Å². The summed E-state index contributed by atoms with van der Waals surface area (Å²) in [5.74, 6) is -0.770. The molecule has 0 atom stereocenters. The van der Waals surface area contributed by atoms with Crippen molar-refractivity contribution in [3.05, 3.63) is 42.5 Å². The highest BCUT2D eigenvalue weighted by Crippen LogP contribution is 2.29. The first-order valence-electron chi connectivity index (χ1n) is 7.31. The summed E-state index contributed by atoms with van der Waals surface area (Å²) >= 11 is 0. The molecule has 3 rings (SSSR count). The predicted octanol–water partition coefficient (Wildman–Crippen LogP) is 2.01. The Morgan fingerprint density at radius 2 is 2.09 bits per heavy atom. The SMILES string of the molecule is O=C(CC1CCC1)NS(=O)(=O)c1cnn(-c2ccccc2F)c1. The molecule has 0 spiro atoms. The van der Waals surface area contributed by atoms with Gasteiger partial charge < -0.3 is 0 Å². The van der Waals surface area contributed by atoms with Crippen molar-refractivity contribution in [2.24, 2.45) is 5.92 Å². The van der Waals surface area contributed by atoms with E-state index >= 15 is 0 Å². The Morgan fingerprint density at radius 3 is 2.74 bits per heavy atom. The molecule has 1 amide bonds. The fourth-order valence-corrected chi connectivity index (χ4v) is 3.35. The number of halogens is 1. The van der Waals surface area contributed by atoms with E-state index in [1.54, 1.807) is 6.07 Å². The maximum absolute atomic E-state index is 13.7. The minimum absolute atomic E-state index is 0.134. The quantitative estimate of drug-likeness (QED) is 0.905. The van der Waals surface area contributed by atoms with Crippen molar-refractivity contribution < 1.29 is 17.6 Å². The number of carbonyl (C=O) groups excluding carboxylic acids is 1. The van der Waals surface area contributed by atoms with Crippen molar-refractivity contribution in [2.45, 2.75) is 30.6 Å². The molecular weight excluding hydrogens is 321 g/mol. The van der Waals surface area contributed by atoms with Crippen molar-refractivity contribution >= 4 is 15.9 Å². The second kappa shape index (κ2) is 6.11. The lowest BCUT2D eigenvalue weighted by molar-refractivity contribution is -0.120. The molecule has 8 heteroatoms. The molecule has 1 heterocycles. The molecule has 1 aromatic heterocycles. The van der Waals surface area contributed by atoms with Gasteiger partial charge in [0.15, 0.2) is 0 Å². The largest absolute Gasteiger partial charge is 0.274 e. The Bertz CT molecular complexity index is 828. The Labute approximate surface area is 133 Å². The molecular formula is C15H16FN3O3S. The maximum Gasteiger partial charge on any atom is 0.267 e. The number of carbonyl (C=O) groups is 1. The van der Waals surface area contributed by atoms with Crippen LogP contribution in [0.15, 0.2) is 41.6 Å². The molecule has 0 saturated heterocycles. The topological polar surface area (TPSA) is 81.1 Å². The van der Waals surface area contributed by atoms with Crippen LogP contribution in [-0.2, 0) is 14.8 Å². The monoisotopic (exact) mass is 337 g/mol. The maximum atomic E-state index is 13.7. The number of hydrogen-bond acceptors (Lipinski definition) is 4. The normalized spacial score (nSPS) is 15.2. The summed E-state index contributed by atoms with van der Waals surface area (Å²) in [6, 6.07) is 5.88. The molecule has 1 aromatic carbocycles. The third-order valence-electron chi connectivity index (χ3n) is 3.92. The van der Waals surface area contributed by atoms with Crippen LogP contribution in [0.1, 0.15) is 25.7 Å². The van der Waals surface area contributed by atoms with Crippen molar-refractivity contribution in [1.29, 1.82) is 0 Å². The lowest BCUT2D eigenvalue weighted by Gasteiger charge is -2.24. The van der Waals surface area contributed by atoms with Crippen LogP contribution in [0.4, 0.5) is 4.39 Å². The molecule has 1 saturated carbocycles. The van der Waals surface area contributed by atoms with Gasteiger partial charge in [-0.3, -0.25) is 4.79 Å². The third kappa shape index (κ3) is 3.42. The van der Waals surface area contributed by atoms with Gasteiger partial charge in [-0.05, 0) is 30.9 Å². The first-order valence-corrected chi connectivity index (χ1v) is 8.79. The summed E-state index contributed by atoms with van der Waals surface area (Å²) in [5.41, 5.74) is 0.134. The molecule has 6 nitrogen and oxygen atoms in total. The first kappa shape index (κ1) is 15.7. The fourth-order valence-electron chi connectivity index (χ4n) is 2.42. The van der Waals surface area contributed by atoms with E-state index in [4.69, 9.17) is 0 Å². The zero-order valence-corrected chi connectivity index (χ0v) is 13.1. The molecule has 0 aliphatic heterocycles. The van der Waals surface area contributed by atoms with Gasteiger partial charge in [-0.15, -0.1) is 0 Å². The number of nitrogens with one attached hydrogen (secondary N) is 1. The number of aromatic nitrogens is 2. The number of rotatable bonds is 5. The van der Waals surface area contributed by atoms with Crippen LogP contribution in [0.3, 0.4) is 0 Å². The molecule has 1 fully saturated rings. The van der Waals surface area contributed by atoms with Gasteiger partial charge in [0.25, 0.3) is 10.0 Å². The summed E-state index contributed by atoms with van der Waals surface area (Å²) in [7, 11) is -3.99. The Hall–Kier alpha value is -2.22. The van der Waals surface area contributed by atoms with E-state index in [0.717, 1.165) is 30.1 Å². The standard InChI is InChI=1S/C15H16FN3O3S/c16-13-6-1-2-7-14(13)19-10-12(9-17-19)23(21,22)18-15(20)8-11-4-3-5-11/h1-2,6-7,9-11H,3-5,8H2,(H,18,20). The van der Waals surface area contributed by atoms with E-state index in [9.17, 15) is 17.6 Å². The summed E-state index contributed by atoms with van der Waals surface area (Å²) in [6.07, 6.45) is 5.47. The van der Waals surface area contributed by atoms with Crippen LogP contribution >= 0.6 is 0 Å². The molecule has 2 aromatic rings. The van der Waals surface area contributed by atoms with E-state index in [0.29, 0.717) is 0 Å². The zero-order valence-electron chi connectivity index (χ0n) is 12.3. The van der Waals surface area contributed by atoms with E-state index < -0.39 is 21.7 Å². The fraction of sp³-hybridized carbons (Fsp3) is 0.333. The van der Waals surface area contributed by atoms with E-state index in [1.807, 2.05) is 4.72 Å². The number of benzene rings is 1. The van der Waals surface area contributed by atoms with Gasteiger partial charge in [0.05, 0.1) is 12.4 Å². The summed E-state index contributed by atoms with van der Waals surface area (Å²) in [4.78, 5) is 11.6. The highest BCUT2D eigenvalue weighted by molar-refractivity contribution is 7.90. The van der Waals surface area contributed by atoms with Crippen LogP contribution in [-0.4, -0.2) is 24.1 Å². The predicted molar refractivity (Wildman–Crippen MR) is 80.8 cm³/mol. The molecule has 1 N–H and O–H groups in total. The third-order valence-corrected chi connectivity index (χ3v) is 5.24. The van der Waals surface area contributed by atoms with Crippen molar-refractivity contribution in [3.63, 3.8) is 0 Å². The van der Waals surface area contributed by atoms with Crippen molar-refractivity contribution in [3.8, 4) is 5.69 Å². The van der Waals surface area contributed by atoms with E-state index in [1.165, 1.54) is 24.4 Å². The zero-order chi connectivity index (χ0) is 16.4. The molecule has 0 unspecified atom stereocenters. The lowest BCUT2D eigenvalue weighted by atomic mass is 9.83. The molecule has 1 aliphatic carbocycles. The van der Waals surface area contributed by atoms with Crippen molar-refractivity contribution in [1.82, 2.24) is 14.5 Å². The number of hydrogen-bond donors (Lipinski definition) is 1. The molecule has 0 radical (unpaired) electrons. The molecule has 23 heavy (non-hydrogen) atoms. The minimum atomic E-state index is -3.99. The first-order chi connectivity index (χ1) is 11.0. The highest BCUT2D eigenvalue weighted by atomic mass is 32.2. The second-order valence-electron chi connectivity index (χ2n) is 5.60. The van der Waals surface area contributed by atoms with Gasteiger partial charge in [0.1, 0.15) is 16.4 Å². The number of amides is 1. The van der Waals surface area contributed by atoms with E-state index in [2.05, 4.69) is 5.10 Å². The van der Waals surface area contributed by atoms with Crippen LogP contribution in [0.5, 0.6) is 0 Å². The van der Waals surface area contributed by atoms with Crippen LogP contribution in [0.25, 0.3) is 5.69 Å². The summed E-state index contributed by atoms with van der Waals surface area (Å²) in [6.45, 7) is 0. The smallest absolute Gasteiger partial charge is 0.267 e. The number of para-hydroxylation sites is 1. The van der Waals surface area contributed by atoms with Gasteiger partial charge in [-0.1, -0.05) is 18.6 Å². The Balaban J connectivity index is 1.76. The molecule has 122 valence electrons. The van der Waals surface area contributed by atoms with Crippen LogP contribution < -0.4 is 4.72 Å². The molecule has 0 bridgehead atoms. The average Bonchev–Trinajstić information content (AvgIpc) is 2.93. The molecule has 1 aliphatic rings. The van der Waals surface area contributed by atoms with Crippen LogP contribution in [0.2, 0.25) is 0 Å². The second-order valence-corrected chi connectivity index (χ2v) is 7.28. The average molecular weight is 337 g/mol. The van der Waals surface area contributed by atoms with E-state index in [-0.39, 0.29) is 22.9 Å². The van der Waals surface area contributed by atoms with Crippen LogP contribution in [0, 0.1) is 11.7 Å². The summed E-state index contributed by atoms with van der Waals surface area (Å²) < 4.78 is 41.2. The van der Waals surface area contributed by atoms with Gasteiger partial charge in [0, 0.05) is 6.42 Å². The Morgan fingerprint density at radius 1 is 1.35 bits per heavy atom. The number of sulfonamides is 1. The van der Waals surface area contributed by atoms with Gasteiger partial charge in [-0.2, -0.15) is 5.10 Å². The lowest BCUT2D eigenvalue weighted by Crippen LogP contribution is -2.32. The minimum Gasteiger partial charge on any atom is -0.274 e. The highest BCUT2D eigenvalue weighted by Gasteiger charge is 2.25. The number of nitrogens with zero attached hydrogens (tertiary/aromatic N) is 2. The van der Waals surface area contributed by atoms with Gasteiger partial charge in [0.2, 0.25) is 5.91 Å². The van der Waals surface area contributed by atoms with Crippen molar-refractivity contribution in [2.75, 3.05) is 0 Å². The Kier molecular flexibility index (Phi) is 4.16.